The summed E-state index contributed by atoms with van der Waals surface area (Å²) in [6.07, 6.45) is 16.9. The fourth-order valence-corrected chi connectivity index (χ4v) is 6.46. The lowest BCUT2D eigenvalue weighted by Crippen LogP contribution is -2.52. The van der Waals surface area contributed by atoms with Crippen molar-refractivity contribution in [2.24, 2.45) is 29.1 Å². The predicted octanol–water partition coefficient (Wildman–Crippen LogP) is 4.62. The maximum Gasteiger partial charge on any atom is 0.152 e. The Morgan fingerprint density at radius 1 is 1.40 bits per heavy atom. The van der Waals surface area contributed by atoms with Crippen molar-refractivity contribution in [3.63, 3.8) is 0 Å². The molecule has 0 unspecified atom stereocenters. The summed E-state index contributed by atoms with van der Waals surface area (Å²) in [7, 11) is 0. The Balaban J connectivity index is 1.65. The quantitative estimate of drug-likeness (QED) is 0.588. The van der Waals surface area contributed by atoms with Crippen LogP contribution in [0.25, 0.3) is 0 Å². The second kappa shape index (κ2) is 5.78. The Morgan fingerprint density at radius 2 is 2.20 bits per heavy atom. The van der Waals surface area contributed by atoms with Gasteiger partial charge in [-0.05, 0) is 79.9 Å². The number of hydrogen-bond donors (Lipinski definition) is 1. The average molecular weight is 338 g/mol. The first-order valence-corrected chi connectivity index (χ1v) is 9.86. The van der Waals surface area contributed by atoms with Gasteiger partial charge in [-0.3, -0.25) is 0 Å². The van der Waals surface area contributed by atoms with Crippen LogP contribution in [0.4, 0.5) is 0 Å². The third kappa shape index (κ3) is 2.21. The van der Waals surface area contributed by atoms with Gasteiger partial charge in [-0.2, -0.15) is 0 Å². The van der Waals surface area contributed by atoms with E-state index in [4.69, 9.17) is 11.2 Å². The minimum Gasteiger partial charge on any atom is -0.498 e. The lowest BCUT2D eigenvalue weighted by atomic mass is 9.51. The van der Waals surface area contributed by atoms with Gasteiger partial charge in [-0.1, -0.05) is 25.5 Å². The van der Waals surface area contributed by atoms with Crippen LogP contribution >= 0.6 is 0 Å². The standard InChI is InChI=1S/C23H30O2/c1-5-23(24)15(3)13-21-20-9-7-16-14-17(25-6-2)8-10-18(16)19(20)11-12-22(21,23)4/h1,7,14,18-21,24H,3,6,8-13H2,2,4H3/t18-,19+,20+,21-,22-,23-/m0/s1. The number of allylic oxidation sites excluding steroid dienone is 4. The van der Waals surface area contributed by atoms with Gasteiger partial charge in [0, 0.05) is 11.8 Å². The summed E-state index contributed by atoms with van der Waals surface area (Å²) >= 11 is 0. The predicted molar refractivity (Wildman–Crippen MR) is 100 cm³/mol. The molecule has 2 heteroatoms. The third-order valence-corrected chi connectivity index (χ3v) is 7.83. The molecule has 4 aliphatic carbocycles. The molecule has 134 valence electrons. The van der Waals surface area contributed by atoms with Crippen LogP contribution in [0.15, 0.2) is 35.6 Å². The first-order chi connectivity index (χ1) is 11.9. The molecule has 25 heavy (non-hydrogen) atoms. The lowest BCUT2D eigenvalue weighted by Gasteiger charge is -2.53. The maximum absolute atomic E-state index is 11.2. The summed E-state index contributed by atoms with van der Waals surface area (Å²) in [5, 5.41) is 11.2. The molecule has 0 amide bonds. The van der Waals surface area contributed by atoms with E-state index in [1.807, 2.05) is 0 Å². The highest BCUT2D eigenvalue weighted by molar-refractivity contribution is 5.40. The Kier molecular flexibility index (Phi) is 3.92. The molecule has 0 spiro atoms. The van der Waals surface area contributed by atoms with Gasteiger partial charge in [0.1, 0.15) is 0 Å². The number of rotatable bonds is 2. The summed E-state index contributed by atoms with van der Waals surface area (Å²) in [5.41, 5.74) is 1.01. The molecule has 2 nitrogen and oxygen atoms in total. The van der Waals surface area contributed by atoms with E-state index in [9.17, 15) is 5.11 Å². The average Bonchev–Trinajstić information content (AvgIpc) is 2.82. The monoisotopic (exact) mass is 338 g/mol. The topological polar surface area (TPSA) is 29.5 Å². The number of hydrogen-bond acceptors (Lipinski definition) is 2. The highest BCUT2D eigenvalue weighted by Crippen LogP contribution is 2.65. The largest absolute Gasteiger partial charge is 0.498 e. The van der Waals surface area contributed by atoms with Crippen LogP contribution in [0.1, 0.15) is 52.4 Å². The highest BCUT2D eigenvalue weighted by Gasteiger charge is 2.63. The Morgan fingerprint density at radius 3 is 2.92 bits per heavy atom. The molecule has 0 aromatic carbocycles. The maximum atomic E-state index is 11.2. The first-order valence-electron chi connectivity index (χ1n) is 9.86. The van der Waals surface area contributed by atoms with Crippen LogP contribution < -0.4 is 0 Å². The van der Waals surface area contributed by atoms with Crippen molar-refractivity contribution in [2.75, 3.05) is 6.61 Å². The zero-order chi connectivity index (χ0) is 17.8. The summed E-state index contributed by atoms with van der Waals surface area (Å²) in [6.45, 7) is 9.18. The van der Waals surface area contributed by atoms with Crippen molar-refractivity contribution < 1.29 is 9.84 Å². The van der Waals surface area contributed by atoms with Crippen molar-refractivity contribution in [1.29, 1.82) is 0 Å². The highest BCUT2D eigenvalue weighted by atomic mass is 16.5. The molecule has 4 aliphatic rings. The molecular formula is C23H30O2. The van der Waals surface area contributed by atoms with Gasteiger partial charge >= 0.3 is 0 Å². The Labute approximate surface area is 152 Å². The molecule has 0 saturated heterocycles. The molecule has 0 aromatic heterocycles. The van der Waals surface area contributed by atoms with E-state index in [1.165, 1.54) is 12.0 Å². The van der Waals surface area contributed by atoms with E-state index in [1.54, 1.807) is 0 Å². The number of fused-ring (bicyclic) bond motifs is 5. The molecule has 0 bridgehead atoms. The molecule has 1 N–H and O–H groups in total. The van der Waals surface area contributed by atoms with Crippen molar-refractivity contribution in [3.05, 3.63) is 35.6 Å². The number of ether oxygens (including phenoxy) is 1. The minimum atomic E-state index is -1.12. The molecule has 6 atom stereocenters. The molecule has 0 heterocycles. The van der Waals surface area contributed by atoms with Crippen LogP contribution in [0.3, 0.4) is 0 Å². The molecule has 2 fully saturated rings. The van der Waals surface area contributed by atoms with Crippen LogP contribution in [0, 0.1) is 41.4 Å². The lowest BCUT2D eigenvalue weighted by molar-refractivity contribution is -0.0717. The normalized spacial score (nSPS) is 45.4. The van der Waals surface area contributed by atoms with Crippen LogP contribution in [-0.2, 0) is 4.74 Å². The summed E-state index contributed by atoms with van der Waals surface area (Å²) in [4.78, 5) is 0. The first kappa shape index (κ1) is 17.0. The van der Waals surface area contributed by atoms with Gasteiger partial charge < -0.3 is 9.84 Å². The van der Waals surface area contributed by atoms with E-state index in [0.717, 1.165) is 50.0 Å². The van der Waals surface area contributed by atoms with Crippen molar-refractivity contribution in [1.82, 2.24) is 0 Å². The fraction of sp³-hybridized carbons (Fsp3) is 0.652. The van der Waals surface area contributed by atoms with Gasteiger partial charge in [0.25, 0.3) is 0 Å². The summed E-state index contributed by atoms with van der Waals surface area (Å²) in [5.74, 6) is 6.31. The van der Waals surface area contributed by atoms with E-state index >= 15 is 0 Å². The minimum absolute atomic E-state index is 0.216. The fourth-order valence-electron chi connectivity index (χ4n) is 6.46. The van der Waals surface area contributed by atoms with Crippen LogP contribution in [0.2, 0.25) is 0 Å². The Bertz CT molecular complexity index is 693. The number of aliphatic hydroxyl groups is 1. The smallest absolute Gasteiger partial charge is 0.152 e. The second-order valence-corrected chi connectivity index (χ2v) is 8.68. The van der Waals surface area contributed by atoms with Gasteiger partial charge in [0.2, 0.25) is 0 Å². The van der Waals surface area contributed by atoms with Gasteiger partial charge in [0.15, 0.2) is 5.60 Å². The van der Waals surface area contributed by atoms with Crippen LogP contribution in [-0.4, -0.2) is 17.3 Å². The molecule has 0 aromatic rings. The molecule has 4 rings (SSSR count). The summed E-state index contributed by atoms with van der Waals surface area (Å²) < 4.78 is 5.76. The molecular weight excluding hydrogens is 308 g/mol. The van der Waals surface area contributed by atoms with Gasteiger partial charge in [-0.15, -0.1) is 6.42 Å². The van der Waals surface area contributed by atoms with E-state index in [2.05, 4.69) is 38.5 Å². The molecule has 0 aliphatic heterocycles. The van der Waals surface area contributed by atoms with Crippen molar-refractivity contribution in [3.8, 4) is 12.3 Å². The van der Waals surface area contributed by atoms with E-state index < -0.39 is 5.60 Å². The van der Waals surface area contributed by atoms with E-state index in [-0.39, 0.29) is 5.41 Å². The van der Waals surface area contributed by atoms with Crippen LogP contribution in [0.5, 0.6) is 0 Å². The Hall–Kier alpha value is -1.46. The van der Waals surface area contributed by atoms with E-state index in [0.29, 0.717) is 23.7 Å². The van der Waals surface area contributed by atoms with Gasteiger partial charge in [-0.25, -0.2) is 0 Å². The number of terminal acetylenes is 1. The van der Waals surface area contributed by atoms with Gasteiger partial charge in [0.05, 0.1) is 12.4 Å². The SMILES string of the molecule is C#C[C@]1(O)C(=C)C[C@H]2[C@@H]3CC=C4C=C(OCC)CC[C@@H]4[C@H]3CC[C@@]21C. The zero-order valence-electron chi connectivity index (χ0n) is 15.6. The van der Waals surface area contributed by atoms with Crippen molar-refractivity contribution in [2.45, 2.75) is 58.0 Å². The second-order valence-electron chi connectivity index (χ2n) is 8.68. The molecule has 0 radical (unpaired) electrons. The third-order valence-electron chi connectivity index (χ3n) is 7.83. The zero-order valence-corrected chi connectivity index (χ0v) is 15.6. The van der Waals surface area contributed by atoms with Crippen molar-refractivity contribution >= 4 is 0 Å². The molecule has 2 saturated carbocycles. The summed E-state index contributed by atoms with van der Waals surface area (Å²) in [6, 6.07) is 0.